The lowest BCUT2D eigenvalue weighted by Crippen LogP contribution is -2.24. The average molecular weight is 340 g/mol. The van der Waals surface area contributed by atoms with Gasteiger partial charge < -0.3 is 21.3 Å². The van der Waals surface area contributed by atoms with Gasteiger partial charge in [0.05, 0.1) is 6.54 Å². The highest BCUT2D eigenvalue weighted by molar-refractivity contribution is 5.93. The molecule has 2 aromatic carbocycles. The molecule has 0 aliphatic heterocycles. The molecule has 0 saturated heterocycles. The molecule has 132 valence electrons. The van der Waals surface area contributed by atoms with Crippen LogP contribution < -0.4 is 21.3 Å². The van der Waals surface area contributed by atoms with Crippen molar-refractivity contribution in [1.82, 2.24) is 10.6 Å². The molecule has 25 heavy (non-hydrogen) atoms. The Kier molecular flexibility index (Phi) is 7.13. The van der Waals surface area contributed by atoms with Crippen molar-refractivity contribution in [2.24, 2.45) is 0 Å². The molecular weight excluding hydrogens is 316 g/mol. The van der Waals surface area contributed by atoms with Gasteiger partial charge in [0.25, 0.3) is 0 Å². The topological polar surface area (TPSA) is 82.3 Å². The van der Waals surface area contributed by atoms with Gasteiger partial charge in [-0.3, -0.25) is 9.59 Å². The Hall–Kier alpha value is -2.70. The first kappa shape index (κ1) is 18.6. The number of anilines is 2. The van der Waals surface area contributed by atoms with Crippen LogP contribution in [0.2, 0.25) is 0 Å². The highest BCUT2D eigenvalue weighted by atomic mass is 16.2. The van der Waals surface area contributed by atoms with E-state index in [0.29, 0.717) is 13.0 Å². The van der Waals surface area contributed by atoms with E-state index in [1.165, 1.54) is 0 Å². The van der Waals surface area contributed by atoms with E-state index in [9.17, 15) is 9.59 Å². The number of carbonyl (C=O) groups excluding carboxylic acids is 2. The zero-order valence-corrected chi connectivity index (χ0v) is 14.6. The Labute approximate surface area is 148 Å². The maximum absolute atomic E-state index is 11.9. The van der Waals surface area contributed by atoms with Crippen LogP contribution in [0.3, 0.4) is 0 Å². The van der Waals surface area contributed by atoms with Crippen LogP contribution >= 0.6 is 0 Å². The summed E-state index contributed by atoms with van der Waals surface area (Å²) in [6, 6.07) is 15.3. The van der Waals surface area contributed by atoms with E-state index in [0.717, 1.165) is 22.5 Å². The summed E-state index contributed by atoms with van der Waals surface area (Å²) in [5.74, 6) is -0.121. The predicted octanol–water partition coefficient (Wildman–Crippen LogP) is 2.06. The Morgan fingerprint density at radius 2 is 1.36 bits per heavy atom. The van der Waals surface area contributed by atoms with Crippen molar-refractivity contribution >= 4 is 23.2 Å². The van der Waals surface area contributed by atoms with Crippen molar-refractivity contribution < 1.29 is 9.59 Å². The normalized spacial score (nSPS) is 10.3. The molecule has 0 aliphatic carbocycles. The van der Waals surface area contributed by atoms with Crippen molar-refractivity contribution in [2.45, 2.75) is 6.42 Å². The lowest BCUT2D eigenvalue weighted by Gasteiger charge is -2.10. The number of likely N-dealkylation sites (N-methyl/N-ethyl adjacent to an activating group) is 1. The minimum absolute atomic E-state index is 0.0282. The van der Waals surface area contributed by atoms with Gasteiger partial charge in [0.2, 0.25) is 11.8 Å². The molecule has 0 aliphatic rings. The van der Waals surface area contributed by atoms with E-state index in [2.05, 4.69) is 21.3 Å². The second-order valence-corrected chi connectivity index (χ2v) is 5.64. The van der Waals surface area contributed by atoms with E-state index in [-0.39, 0.29) is 18.4 Å². The minimum atomic E-state index is -0.0924. The second kappa shape index (κ2) is 9.56. The fourth-order valence-corrected chi connectivity index (χ4v) is 2.38. The highest BCUT2D eigenvalue weighted by Crippen LogP contribution is 2.25. The molecule has 0 aromatic heterocycles. The largest absolute Gasteiger partial charge is 0.326 e. The van der Waals surface area contributed by atoms with Crippen LogP contribution in [0.4, 0.5) is 11.4 Å². The van der Waals surface area contributed by atoms with Crippen molar-refractivity contribution in [2.75, 3.05) is 37.8 Å². The number of hydrogen-bond acceptors (Lipinski definition) is 4. The number of rotatable bonds is 8. The molecule has 2 aromatic rings. The van der Waals surface area contributed by atoms with E-state index in [4.69, 9.17) is 0 Å². The van der Waals surface area contributed by atoms with Crippen LogP contribution in [0, 0.1) is 0 Å². The number of benzene rings is 2. The summed E-state index contributed by atoms with van der Waals surface area (Å²) in [7, 11) is 3.54. The van der Waals surface area contributed by atoms with Gasteiger partial charge in [0, 0.05) is 24.3 Å². The molecule has 6 nitrogen and oxygen atoms in total. The maximum atomic E-state index is 11.9. The van der Waals surface area contributed by atoms with Gasteiger partial charge in [0.1, 0.15) is 0 Å². The fraction of sp³-hybridized carbons (Fsp3) is 0.263. The highest BCUT2D eigenvalue weighted by Gasteiger charge is 2.05. The fourth-order valence-electron chi connectivity index (χ4n) is 2.38. The predicted molar refractivity (Wildman–Crippen MR) is 102 cm³/mol. The van der Waals surface area contributed by atoms with Gasteiger partial charge in [0.15, 0.2) is 0 Å². The summed E-state index contributed by atoms with van der Waals surface area (Å²) in [4.78, 5) is 23.5. The Bertz CT molecular complexity index is 731. The molecule has 0 heterocycles. The van der Waals surface area contributed by atoms with Crippen LogP contribution in [0.1, 0.15) is 6.42 Å². The average Bonchev–Trinajstić information content (AvgIpc) is 2.60. The first-order valence-corrected chi connectivity index (χ1v) is 8.22. The van der Waals surface area contributed by atoms with Crippen LogP contribution in [-0.2, 0) is 9.59 Å². The monoisotopic (exact) mass is 340 g/mol. The van der Waals surface area contributed by atoms with Gasteiger partial charge in [-0.15, -0.1) is 0 Å². The summed E-state index contributed by atoms with van der Waals surface area (Å²) < 4.78 is 0. The van der Waals surface area contributed by atoms with Crippen molar-refractivity contribution in [3.05, 3.63) is 48.5 Å². The van der Waals surface area contributed by atoms with E-state index >= 15 is 0 Å². The van der Waals surface area contributed by atoms with Crippen molar-refractivity contribution in [1.29, 1.82) is 0 Å². The first-order chi connectivity index (χ1) is 12.1. The molecule has 2 rings (SSSR count). The van der Waals surface area contributed by atoms with E-state index < -0.39 is 0 Å². The Morgan fingerprint density at radius 3 is 1.88 bits per heavy atom. The molecular formula is C19H24N4O2. The molecule has 2 amide bonds. The third-order valence-electron chi connectivity index (χ3n) is 3.57. The summed E-state index contributed by atoms with van der Waals surface area (Å²) in [5, 5.41) is 11.5. The minimum Gasteiger partial charge on any atom is -0.326 e. The lowest BCUT2D eigenvalue weighted by molar-refractivity contribution is -0.116. The molecule has 0 radical (unpaired) electrons. The van der Waals surface area contributed by atoms with Gasteiger partial charge in [-0.1, -0.05) is 24.3 Å². The van der Waals surface area contributed by atoms with Crippen LogP contribution in [0.15, 0.2) is 48.5 Å². The summed E-state index contributed by atoms with van der Waals surface area (Å²) in [6.07, 6.45) is 0.424. The third kappa shape index (κ3) is 6.02. The zero-order valence-electron chi connectivity index (χ0n) is 14.6. The molecule has 4 N–H and O–H groups in total. The summed E-state index contributed by atoms with van der Waals surface area (Å²) in [6.45, 7) is 0.901. The second-order valence-electron chi connectivity index (χ2n) is 5.64. The van der Waals surface area contributed by atoms with Gasteiger partial charge in [-0.05, 0) is 49.5 Å². The Morgan fingerprint density at radius 1 is 0.800 bits per heavy atom. The third-order valence-corrected chi connectivity index (χ3v) is 3.57. The molecule has 6 heteroatoms. The number of carbonyl (C=O) groups is 2. The molecule has 0 saturated carbocycles. The van der Waals surface area contributed by atoms with Crippen LogP contribution in [-0.4, -0.2) is 39.0 Å². The van der Waals surface area contributed by atoms with Gasteiger partial charge >= 0.3 is 0 Å². The van der Waals surface area contributed by atoms with E-state index in [1.807, 2.05) is 55.6 Å². The van der Waals surface area contributed by atoms with Crippen LogP contribution in [0.5, 0.6) is 0 Å². The number of amides is 2. The summed E-state index contributed by atoms with van der Waals surface area (Å²) >= 11 is 0. The number of hydrogen-bond donors (Lipinski definition) is 4. The smallest absolute Gasteiger partial charge is 0.238 e. The number of nitrogens with one attached hydrogen (secondary N) is 4. The molecule has 0 bridgehead atoms. The SMILES string of the molecule is CNCCC(=O)Nc1cccc(-c2cccc(NC(=O)CNC)c2)c1. The summed E-state index contributed by atoms with van der Waals surface area (Å²) in [5.41, 5.74) is 3.43. The van der Waals surface area contributed by atoms with Crippen LogP contribution in [0.25, 0.3) is 11.1 Å². The maximum Gasteiger partial charge on any atom is 0.238 e. The van der Waals surface area contributed by atoms with Gasteiger partial charge in [-0.2, -0.15) is 0 Å². The first-order valence-electron chi connectivity index (χ1n) is 8.22. The van der Waals surface area contributed by atoms with Crippen molar-refractivity contribution in [3.63, 3.8) is 0 Å². The molecule has 0 unspecified atom stereocenters. The van der Waals surface area contributed by atoms with E-state index in [1.54, 1.807) is 7.05 Å². The Balaban J connectivity index is 2.12. The standard InChI is InChI=1S/C19H24N4O2/c1-20-10-9-18(24)22-16-7-3-5-14(11-16)15-6-4-8-17(12-15)23-19(25)13-21-2/h3-8,11-12,20-21H,9-10,13H2,1-2H3,(H,22,24)(H,23,25). The quantitative estimate of drug-likeness (QED) is 0.593. The molecule has 0 fully saturated rings. The van der Waals surface area contributed by atoms with Gasteiger partial charge in [-0.25, -0.2) is 0 Å². The molecule has 0 spiro atoms. The lowest BCUT2D eigenvalue weighted by atomic mass is 10.0. The van der Waals surface area contributed by atoms with Crippen molar-refractivity contribution in [3.8, 4) is 11.1 Å². The zero-order chi connectivity index (χ0) is 18.1. The molecule has 0 atom stereocenters.